The highest BCUT2D eigenvalue weighted by atomic mass is 16.6. The number of carboxylic acid groups (broad SMARTS) is 1. The van der Waals surface area contributed by atoms with Gasteiger partial charge in [-0.3, -0.25) is 4.68 Å². The fourth-order valence-corrected chi connectivity index (χ4v) is 3.19. The molecule has 26 heavy (non-hydrogen) atoms. The van der Waals surface area contributed by atoms with Gasteiger partial charge in [0.05, 0.1) is 16.9 Å². The third kappa shape index (κ3) is 3.42. The van der Waals surface area contributed by atoms with Crippen LogP contribution in [0.3, 0.4) is 0 Å². The normalized spacial score (nSPS) is 18.1. The number of piperidine rings is 1. The highest BCUT2D eigenvalue weighted by Crippen LogP contribution is 2.30. The number of nitrogens with zero attached hydrogens (tertiary/aromatic N) is 4. The van der Waals surface area contributed by atoms with Gasteiger partial charge in [-0.2, -0.15) is 5.10 Å². The highest BCUT2D eigenvalue weighted by molar-refractivity contribution is 6.05. The number of amides is 1. The van der Waals surface area contributed by atoms with E-state index >= 15 is 0 Å². The minimum Gasteiger partial charge on any atom is -0.476 e. The number of nitrogen functional groups attached to an aromatic ring is 1. The quantitative estimate of drug-likeness (QED) is 0.841. The summed E-state index contributed by atoms with van der Waals surface area (Å²) >= 11 is 0. The molecule has 1 unspecified atom stereocenters. The van der Waals surface area contributed by atoms with Gasteiger partial charge in [-0.15, -0.1) is 0 Å². The first-order chi connectivity index (χ1) is 12.2. The van der Waals surface area contributed by atoms with Crippen molar-refractivity contribution in [3.05, 3.63) is 18.0 Å². The van der Waals surface area contributed by atoms with Crippen LogP contribution < -0.4 is 5.73 Å². The zero-order chi connectivity index (χ0) is 19.1. The van der Waals surface area contributed by atoms with Gasteiger partial charge in [0.2, 0.25) is 0 Å². The summed E-state index contributed by atoms with van der Waals surface area (Å²) in [6, 6.07) is 1.53. The topological polar surface area (TPSA) is 124 Å². The van der Waals surface area contributed by atoms with Crippen molar-refractivity contribution in [2.75, 3.05) is 18.8 Å². The number of fused-ring (bicyclic) bond motifs is 1. The van der Waals surface area contributed by atoms with Crippen LogP contribution in [0, 0.1) is 0 Å². The number of carboxylic acids is 1. The minimum absolute atomic E-state index is 0.125. The smallest absolute Gasteiger partial charge is 0.410 e. The molecule has 0 bridgehead atoms. The maximum absolute atomic E-state index is 12.4. The molecule has 1 aliphatic heterocycles. The number of aromatic nitrogens is 3. The zero-order valence-corrected chi connectivity index (χ0v) is 15.1. The second kappa shape index (κ2) is 6.47. The van der Waals surface area contributed by atoms with Crippen LogP contribution in [0.2, 0.25) is 0 Å². The standard InChI is InChI=1S/C17H23N5O4/c1-17(2,3)26-16(25)21-8-4-5-10(9-21)22-11-6-7-19-14(18)12(11)13(20-22)15(23)24/h6-7,10H,4-5,8-9H2,1-3H3,(H2,18,19)(H,23,24). The molecular formula is C17H23N5O4. The van der Waals surface area contributed by atoms with Crippen LogP contribution in [0.15, 0.2) is 12.3 Å². The number of hydrogen-bond donors (Lipinski definition) is 2. The lowest BCUT2D eigenvalue weighted by Gasteiger charge is -2.34. The fourth-order valence-electron chi connectivity index (χ4n) is 3.19. The average molecular weight is 361 g/mol. The number of aromatic carboxylic acids is 1. The van der Waals surface area contributed by atoms with Gasteiger partial charge in [0.1, 0.15) is 11.4 Å². The first-order valence-corrected chi connectivity index (χ1v) is 8.51. The molecule has 9 heteroatoms. The lowest BCUT2D eigenvalue weighted by molar-refractivity contribution is 0.0168. The Morgan fingerprint density at radius 2 is 2.12 bits per heavy atom. The summed E-state index contributed by atoms with van der Waals surface area (Å²) in [4.78, 5) is 29.5. The Hall–Kier alpha value is -2.84. The van der Waals surface area contributed by atoms with E-state index in [9.17, 15) is 14.7 Å². The van der Waals surface area contributed by atoms with Crippen LogP contribution in [0.4, 0.5) is 10.6 Å². The number of rotatable bonds is 2. The van der Waals surface area contributed by atoms with Crippen LogP contribution in [-0.4, -0.2) is 55.5 Å². The lowest BCUT2D eigenvalue weighted by Crippen LogP contribution is -2.43. The van der Waals surface area contributed by atoms with E-state index in [-0.39, 0.29) is 23.6 Å². The van der Waals surface area contributed by atoms with Crippen molar-refractivity contribution in [1.82, 2.24) is 19.7 Å². The average Bonchev–Trinajstić information content (AvgIpc) is 2.95. The van der Waals surface area contributed by atoms with Crippen molar-refractivity contribution in [2.45, 2.75) is 45.3 Å². The van der Waals surface area contributed by atoms with Crippen LogP contribution in [0.25, 0.3) is 10.9 Å². The van der Waals surface area contributed by atoms with Gasteiger partial charge in [-0.1, -0.05) is 0 Å². The van der Waals surface area contributed by atoms with Gasteiger partial charge < -0.3 is 20.5 Å². The summed E-state index contributed by atoms with van der Waals surface area (Å²) in [6.07, 6.45) is 2.69. The molecule has 9 nitrogen and oxygen atoms in total. The molecule has 1 amide bonds. The molecular weight excluding hydrogens is 338 g/mol. The monoisotopic (exact) mass is 361 g/mol. The Labute approximate surface area is 150 Å². The van der Waals surface area contributed by atoms with Crippen LogP contribution >= 0.6 is 0 Å². The number of carbonyl (C=O) groups excluding carboxylic acids is 1. The van der Waals surface area contributed by atoms with Gasteiger partial charge in [0.15, 0.2) is 5.69 Å². The van der Waals surface area contributed by atoms with E-state index in [4.69, 9.17) is 10.5 Å². The van der Waals surface area contributed by atoms with Gasteiger partial charge in [0, 0.05) is 19.3 Å². The SMILES string of the molecule is CC(C)(C)OC(=O)N1CCCC(n2nc(C(=O)O)c3c(N)nccc32)C1. The van der Waals surface area contributed by atoms with Gasteiger partial charge in [-0.05, 0) is 39.7 Å². The maximum atomic E-state index is 12.4. The van der Waals surface area contributed by atoms with Crippen LogP contribution in [-0.2, 0) is 4.74 Å². The number of anilines is 1. The second-order valence-electron chi connectivity index (χ2n) is 7.41. The molecule has 140 valence electrons. The third-order valence-corrected chi connectivity index (χ3v) is 4.25. The molecule has 0 radical (unpaired) electrons. The van der Waals surface area contributed by atoms with Crippen molar-refractivity contribution in [2.24, 2.45) is 0 Å². The van der Waals surface area contributed by atoms with E-state index in [1.807, 2.05) is 20.8 Å². The highest BCUT2D eigenvalue weighted by Gasteiger charge is 2.31. The van der Waals surface area contributed by atoms with Gasteiger partial charge in [0.25, 0.3) is 0 Å². The number of likely N-dealkylation sites (tertiary alicyclic amines) is 1. The van der Waals surface area contributed by atoms with E-state index in [0.29, 0.717) is 24.0 Å². The molecule has 3 N–H and O–H groups in total. The Balaban J connectivity index is 1.93. The predicted octanol–water partition coefficient (Wildman–Crippen LogP) is 2.28. The molecule has 3 heterocycles. The maximum Gasteiger partial charge on any atom is 0.410 e. The second-order valence-corrected chi connectivity index (χ2v) is 7.41. The van der Waals surface area contributed by atoms with Crippen molar-refractivity contribution >= 4 is 28.8 Å². The number of carbonyl (C=O) groups is 2. The number of nitrogens with two attached hydrogens (primary N) is 1. The molecule has 0 aromatic carbocycles. The number of hydrogen-bond acceptors (Lipinski definition) is 6. The van der Waals surface area contributed by atoms with E-state index < -0.39 is 11.6 Å². The number of ether oxygens (including phenoxy) is 1. The zero-order valence-electron chi connectivity index (χ0n) is 15.1. The van der Waals surface area contributed by atoms with E-state index in [0.717, 1.165) is 12.8 Å². The Bertz CT molecular complexity index is 855. The molecule has 2 aromatic heterocycles. The Morgan fingerprint density at radius 1 is 1.38 bits per heavy atom. The Morgan fingerprint density at radius 3 is 2.77 bits per heavy atom. The molecule has 0 aliphatic carbocycles. The largest absolute Gasteiger partial charge is 0.476 e. The Kier molecular flexibility index (Phi) is 4.47. The molecule has 1 aliphatic rings. The van der Waals surface area contributed by atoms with E-state index in [1.54, 1.807) is 15.6 Å². The summed E-state index contributed by atoms with van der Waals surface area (Å²) in [5, 5.41) is 14.0. The van der Waals surface area contributed by atoms with E-state index in [2.05, 4.69) is 10.1 Å². The molecule has 0 saturated carbocycles. The number of pyridine rings is 1. The predicted molar refractivity (Wildman–Crippen MR) is 95.0 cm³/mol. The van der Waals surface area contributed by atoms with Crippen molar-refractivity contribution in [3.63, 3.8) is 0 Å². The lowest BCUT2D eigenvalue weighted by atomic mass is 10.1. The molecule has 3 rings (SSSR count). The van der Waals surface area contributed by atoms with Crippen LogP contribution in [0.1, 0.15) is 50.1 Å². The molecule has 1 saturated heterocycles. The summed E-state index contributed by atoms with van der Waals surface area (Å²) in [5.41, 5.74) is 5.78. The van der Waals surface area contributed by atoms with Gasteiger partial charge >= 0.3 is 12.1 Å². The van der Waals surface area contributed by atoms with Crippen LogP contribution in [0.5, 0.6) is 0 Å². The summed E-state index contributed by atoms with van der Waals surface area (Å²) < 4.78 is 7.09. The summed E-state index contributed by atoms with van der Waals surface area (Å²) in [5.74, 6) is -1.03. The molecule has 1 atom stereocenters. The third-order valence-electron chi connectivity index (χ3n) is 4.25. The first-order valence-electron chi connectivity index (χ1n) is 8.51. The van der Waals surface area contributed by atoms with Crippen molar-refractivity contribution < 1.29 is 19.4 Å². The fraction of sp³-hybridized carbons (Fsp3) is 0.529. The van der Waals surface area contributed by atoms with E-state index in [1.165, 1.54) is 6.20 Å². The van der Waals surface area contributed by atoms with Crippen molar-refractivity contribution in [1.29, 1.82) is 0 Å². The minimum atomic E-state index is -1.16. The van der Waals surface area contributed by atoms with Crippen molar-refractivity contribution in [3.8, 4) is 0 Å². The molecule has 2 aromatic rings. The molecule has 0 spiro atoms. The van der Waals surface area contributed by atoms with Gasteiger partial charge in [-0.25, -0.2) is 14.6 Å². The first kappa shape index (κ1) is 18.0. The molecule has 1 fully saturated rings. The summed E-state index contributed by atoms with van der Waals surface area (Å²) in [6.45, 7) is 6.46. The summed E-state index contributed by atoms with van der Waals surface area (Å²) in [7, 11) is 0.